The van der Waals surface area contributed by atoms with Gasteiger partial charge in [0.25, 0.3) is 0 Å². The highest BCUT2D eigenvalue weighted by molar-refractivity contribution is 9.10. The smallest absolute Gasteiger partial charge is 0.242 e. The number of hydrogen-bond donors (Lipinski definition) is 1. The van der Waals surface area contributed by atoms with Crippen LogP contribution in [0.25, 0.3) is 11.0 Å². The zero-order valence-corrected chi connectivity index (χ0v) is 15.5. The van der Waals surface area contributed by atoms with Crippen LogP contribution in [-0.2, 0) is 11.3 Å². The lowest BCUT2D eigenvalue weighted by Crippen LogP contribution is -2.50. The van der Waals surface area contributed by atoms with E-state index in [1.807, 2.05) is 32.6 Å². The maximum absolute atomic E-state index is 13.7. The molecule has 134 valence electrons. The molecule has 4 rings (SSSR count). The van der Waals surface area contributed by atoms with Gasteiger partial charge in [0.05, 0.1) is 17.1 Å². The molecule has 0 saturated carbocycles. The van der Waals surface area contributed by atoms with Gasteiger partial charge < -0.3 is 20.1 Å². The van der Waals surface area contributed by atoms with Crippen LogP contribution in [0.4, 0.5) is 10.3 Å². The summed E-state index contributed by atoms with van der Waals surface area (Å²) in [5.74, 6) is 0.792. The first-order valence-electron chi connectivity index (χ1n) is 8.61. The van der Waals surface area contributed by atoms with Crippen molar-refractivity contribution in [3.8, 4) is 0 Å². The van der Waals surface area contributed by atoms with Crippen molar-refractivity contribution in [2.24, 2.45) is 5.73 Å². The molecule has 0 aliphatic carbocycles. The molecule has 2 N–H and O–H groups in total. The molecule has 0 radical (unpaired) electrons. The zero-order valence-electron chi connectivity index (χ0n) is 13.9. The van der Waals surface area contributed by atoms with E-state index in [0.29, 0.717) is 25.5 Å². The average molecular weight is 410 g/mol. The van der Waals surface area contributed by atoms with Crippen LogP contribution < -0.4 is 10.6 Å². The van der Waals surface area contributed by atoms with Crippen molar-refractivity contribution in [1.82, 2.24) is 14.5 Å². The van der Waals surface area contributed by atoms with Crippen LogP contribution in [-0.4, -0.2) is 58.8 Å². The summed E-state index contributed by atoms with van der Waals surface area (Å²) in [4.78, 5) is 21.1. The van der Waals surface area contributed by atoms with Crippen LogP contribution in [0.5, 0.6) is 0 Å². The van der Waals surface area contributed by atoms with E-state index >= 15 is 0 Å². The van der Waals surface area contributed by atoms with Gasteiger partial charge in [-0.05, 0) is 31.0 Å². The molecule has 0 unspecified atom stereocenters. The summed E-state index contributed by atoms with van der Waals surface area (Å²) < 4.78 is 16.6. The Morgan fingerprint density at radius 2 is 2.16 bits per heavy atom. The number of nitrogens with two attached hydrogens (primary N) is 1. The Morgan fingerprint density at radius 1 is 1.36 bits per heavy atom. The number of benzene rings is 1. The number of carbonyl (C=O) groups excluding carboxylic acids is 1. The number of piperidine rings is 1. The maximum Gasteiger partial charge on any atom is 0.242 e. The van der Waals surface area contributed by atoms with Crippen LogP contribution in [0.2, 0.25) is 0 Å². The molecule has 2 aliphatic rings. The standard InChI is InChI=1S/C17H21BrFN5O/c18-11-2-3-14-15(8-11)24(10-16(25)22-5-1-6-22)17(21-14)23-7-4-12(19)13(20)9-23/h2-3,8,12-13H,1,4-7,9-10,20H2/t12-,13-/m1/s1. The number of carbonyl (C=O) groups is 1. The van der Waals surface area contributed by atoms with Crippen LogP contribution in [0.3, 0.4) is 0 Å². The van der Waals surface area contributed by atoms with E-state index in [1.165, 1.54) is 0 Å². The van der Waals surface area contributed by atoms with Gasteiger partial charge in [-0.1, -0.05) is 15.9 Å². The largest absolute Gasteiger partial charge is 0.341 e. The average Bonchev–Trinajstić information content (AvgIpc) is 2.86. The second-order valence-electron chi connectivity index (χ2n) is 6.78. The first-order valence-corrected chi connectivity index (χ1v) is 9.40. The summed E-state index contributed by atoms with van der Waals surface area (Å²) in [5, 5.41) is 0. The molecule has 3 heterocycles. The number of imidazole rings is 1. The molecule has 2 aromatic rings. The van der Waals surface area contributed by atoms with Gasteiger partial charge in [0.2, 0.25) is 11.9 Å². The van der Waals surface area contributed by atoms with Crippen LogP contribution >= 0.6 is 15.9 Å². The third-order valence-corrected chi connectivity index (χ3v) is 5.54. The Hall–Kier alpha value is -1.67. The molecule has 6 nitrogen and oxygen atoms in total. The van der Waals surface area contributed by atoms with Gasteiger partial charge in [-0.15, -0.1) is 0 Å². The summed E-state index contributed by atoms with van der Waals surface area (Å²) in [6.45, 7) is 2.85. The third-order valence-electron chi connectivity index (χ3n) is 5.05. The molecule has 2 fully saturated rings. The molecular formula is C17H21BrFN5O. The normalized spacial score (nSPS) is 23.8. The molecule has 8 heteroatoms. The third kappa shape index (κ3) is 3.13. The van der Waals surface area contributed by atoms with E-state index in [1.54, 1.807) is 0 Å². The Kier molecular flexibility index (Phi) is 4.41. The first-order chi connectivity index (χ1) is 12.0. The number of alkyl halides is 1. The Balaban J connectivity index is 1.71. The van der Waals surface area contributed by atoms with Gasteiger partial charge in [0.1, 0.15) is 12.7 Å². The summed E-state index contributed by atoms with van der Waals surface area (Å²) in [6.07, 6.45) is 0.466. The summed E-state index contributed by atoms with van der Waals surface area (Å²) >= 11 is 3.49. The first kappa shape index (κ1) is 16.8. The second kappa shape index (κ2) is 6.57. The second-order valence-corrected chi connectivity index (χ2v) is 7.70. The summed E-state index contributed by atoms with van der Waals surface area (Å²) in [7, 11) is 0. The highest BCUT2D eigenvalue weighted by atomic mass is 79.9. The fraction of sp³-hybridized carbons (Fsp3) is 0.529. The minimum absolute atomic E-state index is 0.0939. The van der Waals surface area contributed by atoms with Gasteiger partial charge in [0.15, 0.2) is 0 Å². The predicted octanol–water partition coefficient (Wildman–Crippen LogP) is 1.91. The van der Waals surface area contributed by atoms with Crippen LogP contribution in [0.1, 0.15) is 12.8 Å². The van der Waals surface area contributed by atoms with Gasteiger partial charge in [-0.2, -0.15) is 0 Å². The summed E-state index contributed by atoms with van der Waals surface area (Å²) in [5.41, 5.74) is 7.64. The van der Waals surface area contributed by atoms with Crippen molar-refractivity contribution >= 4 is 38.8 Å². The Labute approximate surface area is 153 Å². The molecule has 2 aliphatic heterocycles. The quantitative estimate of drug-likeness (QED) is 0.840. The van der Waals surface area contributed by atoms with Crippen LogP contribution in [0, 0.1) is 0 Å². The molecule has 2 atom stereocenters. The fourth-order valence-electron chi connectivity index (χ4n) is 3.42. The van der Waals surface area contributed by atoms with E-state index in [0.717, 1.165) is 35.0 Å². The number of rotatable bonds is 3. The fourth-order valence-corrected chi connectivity index (χ4v) is 3.77. The lowest BCUT2D eigenvalue weighted by molar-refractivity contribution is -0.135. The lowest BCUT2D eigenvalue weighted by atomic mass is 10.1. The maximum atomic E-state index is 13.7. The van der Waals surface area contributed by atoms with E-state index < -0.39 is 12.2 Å². The van der Waals surface area contributed by atoms with Gasteiger partial charge in [-0.25, -0.2) is 9.37 Å². The number of aromatic nitrogens is 2. The minimum Gasteiger partial charge on any atom is -0.341 e. The van der Waals surface area contributed by atoms with E-state index in [2.05, 4.69) is 15.9 Å². The molecular weight excluding hydrogens is 389 g/mol. The number of fused-ring (bicyclic) bond motifs is 1. The Bertz CT molecular complexity index is 806. The molecule has 1 aromatic carbocycles. The topological polar surface area (TPSA) is 67.4 Å². The predicted molar refractivity (Wildman–Crippen MR) is 98.3 cm³/mol. The van der Waals surface area contributed by atoms with E-state index in [9.17, 15) is 9.18 Å². The lowest BCUT2D eigenvalue weighted by Gasteiger charge is -2.35. The number of nitrogens with zero attached hydrogens (tertiary/aromatic N) is 4. The Morgan fingerprint density at radius 3 is 2.84 bits per heavy atom. The zero-order chi connectivity index (χ0) is 17.6. The van der Waals surface area contributed by atoms with Crippen molar-refractivity contribution in [2.75, 3.05) is 31.1 Å². The molecule has 0 bridgehead atoms. The van der Waals surface area contributed by atoms with Crippen molar-refractivity contribution in [1.29, 1.82) is 0 Å². The number of amides is 1. The van der Waals surface area contributed by atoms with Crippen molar-refractivity contribution in [3.05, 3.63) is 22.7 Å². The van der Waals surface area contributed by atoms with Gasteiger partial charge in [-0.3, -0.25) is 4.79 Å². The number of likely N-dealkylation sites (tertiary alicyclic amines) is 1. The highest BCUT2D eigenvalue weighted by Gasteiger charge is 2.30. The summed E-state index contributed by atoms with van der Waals surface area (Å²) in [6, 6.07) is 5.30. The number of hydrogen-bond acceptors (Lipinski definition) is 4. The highest BCUT2D eigenvalue weighted by Crippen LogP contribution is 2.28. The monoisotopic (exact) mass is 409 g/mol. The van der Waals surface area contributed by atoms with Crippen LogP contribution in [0.15, 0.2) is 22.7 Å². The minimum atomic E-state index is -0.981. The molecule has 2 saturated heterocycles. The number of halogens is 2. The molecule has 1 amide bonds. The van der Waals surface area contributed by atoms with Crippen molar-refractivity contribution in [3.63, 3.8) is 0 Å². The molecule has 25 heavy (non-hydrogen) atoms. The van der Waals surface area contributed by atoms with E-state index in [4.69, 9.17) is 10.7 Å². The number of anilines is 1. The van der Waals surface area contributed by atoms with E-state index in [-0.39, 0.29) is 12.5 Å². The van der Waals surface area contributed by atoms with Crippen molar-refractivity contribution < 1.29 is 9.18 Å². The van der Waals surface area contributed by atoms with Gasteiger partial charge in [0, 0.05) is 30.7 Å². The van der Waals surface area contributed by atoms with Gasteiger partial charge >= 0.3 is 0 Å². The van der Waals surface area contributed by atoms with Crippen molar-refractivity contribution in [2.45, 2.75) is 31.6 Å². The molecule has 1 aromatic heterocycles. The molecule has 0 spiro atoms. The SMILES string of the molecule is N[C@@H]1CN(c2nc3ccc(Br)cc3n2CC(=O)N2CCC2)CC[C@H]1F.